The zero-order chi connectivity index (χ0) is 19.3. The maximum absolute atomic E-state index is 11.8. The summed E-state index contributed by atoms with van der Waals surface area (Å²) in [6, 6.07) is 8.51. The summed E-state index contributed by atoms with van der Waals surface area (Å²) < 4.78 is 12.4. The highest BCUT2D eigenvalue weighted by atomic mass is 35.5. The van der Waals surface area contributed by atoms with E-state index in [0.29, 0.717) is 35.6 Å². The second-order valence-electron chi connectivity index (χ2n) is 9.30. The predicted octanol–water partition coefficient (Wildman–Crippen LogP) is 3.49. The van der Waals surface area contributed by atoms with E-state index in [1.165, 1.54) is 44.9 Å². The second kappa shape index (κ2) is 8.18. The molecular formula is C23H33ClN2O3. The summed E-state index contributed by atoms with van der Waals surface area (Å²) in [4.78, 5) is 14.5. The third kappa shape index (κ3) is 3.50. The van der Waals surface area contributed by atoms with Crippen LogP contribution in [0.15, 0.2) is 24.3 Å². The maximum atomic E-state index is 11.8. The topological polar surface area (TPSA) is 64.8 Å². The van der Waals surface area contributed by atoms with E-state index in [9.17, 15) is 4.79 Å². The molecule has 1 aliphatic carbocycles. The highest BCUT2D eigenvalue weighted by Gasteiger charge is 2.54. The van der Waals surface area contributed by atoms with Crippen molar-refractivity contribution >= 4 is 18.3 Å². The van der Waals surface area contributed by atoms with Crippen LogP contribution in [-0.4, -0.2) is 49.3 Å². The average molecular weight is 421 g/mol. The number of benzene rings is 1. The van der Waals surface area contributed by atoms with Gasteiger partial charge in [-0.1, -0.05) is 18.6 Å². The molecule has 160 valence electrons. The van der Waals surface area contributed by atoms with E-state index in [1.54, 1.807) is 6.07 Å². The summed E-state index contributed by atoms with van der Waals surface area (Å²) in [7, 11) is 1.85. The number of primary amides is 1. The van der Waals surface area contributed by atoms with Gasteiger partial charge in [0, 0.05) is 43.6 Å². The van der Waals surface area contributed by atoms with Gasteiger partial charge in [-0.25, -0.2) is 0 Å². The van der Waals surface area contributed by atoms with Gasteiger partial charge < -0.3 is 15.2 Å². The fourth-order valence-electron chi connectivity index (χ4n) is 6.73. The fraction of sp³-hybridized carbons (Fsp3) is 0.696. The largest absolute Gasteiger partial charge is 0.375 e. The third-order valence-corrected chi connectivity index (χ3v) is 7.95. The molecule has 4 fully saturated rings. The van der Waals surface area contributed by atoms with Crippen LogP contribution in [0, 0.1) is 11.8 Å². The van der Waals surface area contributed by atoms with Gasteiger partial charge in [0.2, 0.25) is 5.91 Å². The average Bonchev–Trinajstić information content (AvgIpc) is 3.04. The number of halogens is 1. The Morgan fingerprint density at radius 3 is 2.38 bits per heavy atom. The van der Waals surface area contributed by atoms with E-state index in [4.69, 9.17) is 15.2 Å². The molecule has 5 rings (SSSR count). The van der Waals surface area contributed by atoms with Gasteiger partial charge >= 0.3 is 0 Å². The Morgan fingerprint density at radius 1 is 1.14 bits per heavy atom. The van der Waals surface area contributed by atoms with Crippen molar-refractivity contribution in [1.82, 2.24) is 4.90 Å². The first-order valence-corrected chi connectivity index (χ1v) is 10.9. The van der Waals surface area contributed by atoms with Crippen LogP contribution >= 0.6 is 12.4 Å². The summed E-state index contributed by atoms with van der Waals surface area (Å²) >= 11 is 0. The summed E-state index contributed by atoms with van der Waals surface area (Å²) in [5.41, 5.74) is 6.97. The first-order valence-electron chi connectivity index (χ1n) is 10.9. The van der Waals surface area contributed by atoms with Crippen LogP contribution in [-0.2, 0) is 15.1 Å². The number of nitrogens with zero attached hydrogens (tertiary/aromatic N) is 1. The predicted molar refractivity (Wildman–Crippen MR) is 114 cm³/mol. The number of hydrogen-bond donors (Lipinski definition) is 1. The number of methoxy groups -OCH3 is 1. The fourth-order valence-corrected chi connectivity index (χ4v) is 6.73. The number of likely N-dealkylation sites (tertiary alicyclic amines) is 1. The molecule has 2 unspecified atom stereocenters. The molecule has 3 heterocycles. The number of piperidine rings is 1. The van der Waals surface area contributed by atoms with Crippen molar-refractivity contribution in [3.8, 4) is 0 Å². The van der Waals surface area contributed by atoms with Crippen molar-refractivity contribution in [3.05, 3.63) is 35.4 Å². The van der Waals surface area contributed by atoms with Gasteiger partial charge in [-0.3, -0.25) is 9.69 Å². The minimum Gasteiger partial charge on any atom is -0.375 e. The van der Waals surface area contributed by atoms with Crippen molar-refractivity contribution in [2.75, 3.05) is 20.2 Å². The Labute approximate surface area is 179 Å². The summed E-state index contributed by atoms with van der Waals surface area (Å²) in [6.45, 7) is 2.16. The number of rotatable bonds is 4. The van der Waals surface area contributed by atoms with E-state index >= 15 is 0 Å². The van der Waals surface area contributed by atoms with Gasteiger partial charge in [0.05, 0.1) is 12.2 Å². The molecule has 29 heavy (non-hydrogen) atoms. The lowest BCUT2D eigenvalue weighted by molar-refractivity contribution is -0.180. The zero-order valence-corrected chi connectivity index (χ0v) is 18.0. The molecule has 1 aromatic rings. The highest BCUT2D eigenvalue weighted by molar-refractivity contribution is 5.92. The van der Waals surface area contributed by atoms with Crippen molar-refractivity contribution in [2.45, 2.75) is 68.8 Å². The van der Waals surface area contributed by atoms with Gasteiger partial charge in [0.25, 0.3) is 0 Å². The van der Waals surface area contributed by atoms with Crippen molar-refractivity contribution < 1.29 is 14.3 Å². The molecule has 2 N–H and O–H groups in total. The normalized spacial score (nSPS) is 39.0. The van der Waals surface area contributed by atoms with Crippen LogP contribution in [0.3, 0.4) is 0 Å². The van der Waals surface area contributed by atoms with E-state index in [0.717, 1.165) is 18.7 Å². The standard InChI is InChI=1S/C23H32N2O3.ClH/c1-27-23(16-5-2-4-15(10-16)22(24)26)17-6-3-7-18(23)14-25(13-17)19-11-20-8-9-21(12-19)28-20;/h2,4-5,10,17-21H,3,6-9,11-14H2,1H3,(H2,24,26);1H/t17-,18+,19?,20-,21+,23?;. The van der Waals surface area contributed by atoms with Gasteiger partial charge in [0.15, 0.2) is 0 Å². The van der Waals surface area contributed by atoms with Crippen molar-refractivity contribution in [2.24, 2.45) is 17.6 Å². The summed E-state index contributed by atoms with van der Waals surface area (Å²) in [5.74, 6) is 0.538. The lowest BCUT2D eigenvalue weighted by atomic mass is 9.62. The van der Waals surface area contributed by atoms with Crippen molar-refractivity contribution in [3.63, 3.8) is 0 Å². The SMILES string of the molecule is COC1(c2cccc(C(N)=O)c2)[C@@H]2CCC[C@H]1CN(C1C[C@H]3CC[C@@H](C1)O3)C2.Cl. The molecule has 6 atom stereocenters. The monoisotopic (exact) mass is 420 g/mol. The van der Waals surface area contributed by atoms with Crippen molar-refractivity contribution in [1.29, 1.82) is 0 Å². The molecule has 3 aliphatic heterocycles. The smallest absolute Gasteiger partial charge is 0.248 e. The molecule has 1 aromatic carbocycles. The van der Waals surface area contributed by atoms with Gasteiger partial charge in [-0.05, 0) is 56.2 Å². The van der Waals surface area contributed by atoms with Gasteiger partial charge in [-0.15, -0.1) is 12.4 Å². The van der Waals surface area contributed by atoms with E-state index in [1.807, 2.05) is 19.2 Å². The van der Waals surface area contributed by atoms with E-state index in [2.05, 4.69) is 11.0 Å². The molecular weight excluding hydrogens is 388 g/mol. The maximum Gasteiger partial charge on any atom is 0.248 e. The minimum atomic E-state index is -0.367. The number of carbonyl (C=O) groups is 1. The molecule has 3 saturated heterocycles. The summed E-state index contributed by atoms with van der Waals surface area (Å²) in [5, 5.41) is 0. The quantitative estimate of drug-likeness (QED) is 0.809. The lowest BCUT2D eigenvalue weighted by Gasteiger charge is -2.57. The highest BCUT2D eigenvalue weighted by Crippen LogP contribution is 2.52. The minimum absolute atomic E-state index is 0. The first kappa shape index (κ1) is 21.1. The van der Waals surface area contributed by atoms with Crippen LogP contribution in [0.1, 0.15) is 60.9 Å². The molecule has 0 spiro atoms. The number of carbonyl (C=O) groups excluding carboxylic acids is 1. The van der Waals surface area contributed by atoms with Crippen LogP contribution in [0.4, 0.5) is 0 Å². The molecule has 1 saturated carbocycles. The van der Waals surface area contributed by atoms with Crippen LogP contribution in [0.2, 0.25) is 0 Å². The number of ether oxygens (including phenoxy) is 2. The van der Waals surface area contributed by atoms with Gasteiger partial charge in [-0.2, -0.15) is 0 Å². The lowest BCUT2D eigenvalue weighted by Crippen LogP contribution is -2.61. The number of hydrogen-bond acceptors (Lipinski definition) is 4. The molecule has 0 radical (unpaired) electrons. The molecule has 4 aliphatic rings. The van der Waals surface area contributed by atoms with E-state index < -0.39 is 0 Å². The Morgan fingerprint density at radius 2 is 1.79 bits per heavy atom. The van der Waals surface area contributed by atoms with E-state index in [-0.39, 0.29) is 23.9 Å². The first-order chi connectivity index (χ1) is 13.6. The molecule has 4 bridgehead atoms. The Kier molecular flexibility index (Phi) is 5.95. The molecule has 1 amide bonds. The van der Waals surface area contributed by atoms with Crippen LogP contribution in [0.5, 0.6) is 0 Å². The Hall–Kier alpha value is -1.14. The number of nitrogens with two attached hydrogens (primary N) is 1. The molecule has 5 nitrogen and oxygen atoms in total. The van der Waals surface area contributed by atoms with Crippen LogP contribution < -0.4 is 5.73 Å². The zero-order valence-electron chi connectivity index (χ0n) is 17.2. The number of amides is 1. The third-order valence-electron chi connectivity index (χ3n) is 7.95. The number of fused-ring (bicyclic) bond motifs is 4. The Balaban J connectivity index is 0.00000205. The van der Waals surface area contributed by atoms with Gasteiger partial charge in [0.1, 0.15) is 5.60 Å². The van der Waals surface area contributed by atoms with Crippen LogP contribution in [0.25, 0.3) is 0 Å². The second-order valence-corrected chi connectivity index (χ2v) is 9.30. The molecule has 6 heteroatoms. The Bertz CT molecular complexity index is 731. The summed E-state index contributed by atoms with van der Waals surface area (Å²) in [6.07, 6.45) is 9.43. The molecule has 0 aromatic heterocycles.